The van der Waals surface area contributed by atoms with Crippen molar-refractivity contribution < 1.29 is 18.0 Å². The number of amides is 1. The van der Waals surface area contributed by atoms with Crippen molar-refractivity contribution in [3.63, 3.8) is 0 Å². The third-order valence-electron chi connectivity index (χ3n) is 4.58. The lowest BCUT2D eigenvalue weighted by Gasteiger charge is -2.31. The Balaban J connectivity index is 0.00000196. The van der Waals surface area contributed by atoms with Gasteiger partial charge in [0.25, 0.3) is 0 Å². The Kier molecular flexibility index (Phi) is 9.20. The molecule has 3 rings (SSSR count). The summed E-state index contributed by atoms with van der Waals surface area (Å²) in [6.07, 6.45) is -2.35. The minimum atomic E-state index is -4.38. The van der Waals surface area contributed by atoms with Gasteiger partial charge in [-0.2, -0.15) is 13.2 Å². The number of carbonyl (C=O) groups excluding carboxylic acids is 1. The highest BCUT2D eigenvalue weighted by atomic mass is 35.5. The van der Waals surface area contributed by atoms with Crippen LogP contribution in [-0.4, -0.2) is 42.0 Å². The summed E-state index contributed by atoms with van der Waals surface area (Å²) in [5.41, 5.74) is 0.316. The summed E-state index contributed by atoms with van der Waals surface area (Å²) < 4.78 is 38.5. The number of nitrogens with one attached hydrogen (secondary N) is 1. The molecule has 0 aliphatic carbocycles. The minimum absolute atomic E-state index is 0. The third kappa shape index (κ3) is 6.07. The standard InChI is InChI=1S/C18H20F3N3OS.2ClH/c1-22-14-5-7-24(8-6-14)16(25)10-15-11-26-17(23-15)12-3-2-4-13(9-12)18(19,20)21;;/h2-4,9,11,14,22H,5-8,10H2,1H3;2*1H. The van der Waals surface area contributed by atoms with E-state index in [1.807, 2.05) is 11.9 Å². The van der Waals surface area contributed by atoms with Gasteiger partial charge in [0.15, 0.2) is 0 Å². The van der Waals surface area contributed by atoms with Gasteiger partial charge in [0, 0.05) is 30.1 Å². The highest BCUT2D eigenvalue weighted by molar-refractivity contribution is 7.13. The second kappa shape index (κ2) is 10.4. The predicted molar refractivity (Wildman–Crippen MR) is 109 cm³/mol. The molecule has 1 N–H and O–H groups in total. The Hall–Kier alpha value is -1.35. The number of halogens is 5. The first-order valence-corrected chi connectivity index (χ1v) is 9.32. The van der Waals surface area contributed by atoms with Crippen LogP contribution < -0.4 is 5.32 Å². The molecule has 1 fully saturated rings. The van der Waals surface area contributed by atoms with Crippen LogP contribution in [0.1, 0.15) is 24.1 Å². The van der Waals surface area contributed by atoms with Crippen LogP contribution in [0.5, 0.6) is 0 Å². The molecule has 2 aromatic rings. The van der Waals surface area contributed by atoms with Crippen LogP contribution in [0.15, 0.2) is 29.6 Å². The number of hydrogen-bond donors (Lipinski definition) is 1. The maximum atomic E-state index is 12.8. The number of alkyl halides is 3. The molecule has 0 spiro atoms. The third-order valence-corrected chi connectivity index (χ3v) is 5.52. The summed E-state index contributed by atoms with van der Waals surface area (Å²) in [4.78, 5) is 18.6. The molecule has 0 saturated carbocycles. The van der Waals surface area contributed by atoms with E-state index in [0.29, 0.717) is 22.3 Å². The monoisotopic (exact) mass is 455 g/mol. The molecule has 0 atom stereocenters. The molecule has 2 heterocycles. The Bertz CT molecular complexity index is 777. The quantitative estimate of drug-likeness (QED) is 0.741. The first kappa shape index (κ1) is 24.7. The predicted octanol–water partition coefficient (Wildman–Crippen LogP) is 4.43. The van der Waals surface area contributed by atoms with Crippen molar-refractivity contribution in [3.05, 3.63) is 40.9 Å². The van der Waals surface area contributed by atoms with Gasteiger partial charge in [-0.25, -0.2) is 4.98 Å². The zero-order valence-corrected chi connectivity index (χ0v) is 17.6. The van der Waals surface area contributed by atoms with E-state index in [-0.39, 0.29) is 37.1 Å². The summed E-state index contributed by atoms with van der Waals surface area (Å²) in [5.74, 6) is 0.0143. The van der Waals surface area contributed by atoms with Crippen molar-refractivity contribution in [2.75, 3.05) is 20.1 Å². The van der Waals surface area contributed by atoms with E-state index < -0.39 is 11.7 Å². The normalized spacial score (nSPS) is 14.9. The molecule has 1 aromatic heterocycles. The van der Waals surface area contributed by atoms with E-state index in [1.165, 1.54) is 17.4 Å². The molecular formula is C18H22Cl2F3N3OS. The molecular weight excluding hydrogens is 434 g/mol. The average molecular weight is 456 g/mol. The number of likely N-dealkylation sites (tertiary alicyclic amines) is 1. The van der Waals surface area contributed by atoms with Crippen molar-refractivity contribution >= 4 is 42.1 Å². The molecule has 1 aromatic carbocycles. The summed E-state index contributed by atoms with van der Waals surface area (Å²) in [6.45, 7) is 1.43. The Morgan fingerprint density at radius 3 is 2.57 bits per heavy atom. The number of piperidine rings is 1. The Morgan fingerprint density at radius 2 is 1.96 bits per heavy atom. The maximum absolute atomic E-state index is 12.8. The van der Waals surface area contributed by atoms with Crippen LogP contribution in [0.4, 0.5) is 13.2 Å². The number of rotatable bonds is 4. The highest BCUT2D eigenvalue weighted by Gasteiger charge is 2.30. The van der Waals surface area contributed by atoms with Crippen molar-refractivity contribution in [2.45, 2.75) is 31.5 Å². The molecule has 0 bridgehead atoms. The number of carbonyl (C=O) groups is 1. The Labute approximate surface area is 178 Å². The SMILES string of the molecule is CNC1CCN(C(=O)Cc2csc(-c3cccc(C(F)(F)F)c3)n2)CC1.Cl.Cl. The van der Waals surface area contributed by atoms with Crippen LogP contribution in [0.25, 0.3) is 10.6 Å². The van der Waals surface area contributed by atoms with E-state index in [2.05, 4.69) is 10.3 Å². The maximum Gasteiger partial charge on any atom is 0.416 e. The summed E-state index contributed by atoms with van der Waals surface area (Å²) in [6, 6.07) is 5.55. The van der Waals surface area contributed by atoms with Gasteiger partial charge in [-0.1, -0.05) is 12.1 Å². The molecule has 4 nitrogen and oxygen atoms in total. The van der Waals surface area contributed by atoms with Crippen molar-refractivity contribution in [1.82, 2.24) is 15.2 Å². The van der Waals surface area contributed by atoms with Gasteiger partial charge in [0.2, 0.25) is 5.91 Å². The lowest BCUT2D eigenvalue weighted by molar-refractivity contribution is -0.137. The lowest BCUT2D eigenvalue weighted by atomic mass is 10.0. The number of aromatic nitrogens is 1. The smallest absolute Gasteiger partial charge is 0.342 e. The van der Waals surface area contributed by atoms with E-state index in [9.17, 15) is 18.0 Å². The number of hydrogen-bond acceptors (Lipinski definition) is 4. The zero-order chi connectivity index (χ0) is 18.7. The topological polar surface area (TPSA) is 45.2 Å². The van der Waals surface area contributed by atoms with E-state index >= 15 is 0 Å². The lowest BCUT2D eigenvalue weighted by Crippen LogP contribution is -2.44. The second-order valence-electron chi connectivity index (χ2n) is 6.34. The minimum Gasteiger partial charge on any atom is -0.342 e. The van der Waals surface area contributed by atoms with Crippen LogP contribution in [0.3, 0.4) is 0 Å². The first-order valence-electron chi connectivity index (χ1n) is 8.44. The molecule has 0 unspecified atom stereocenters. The summed E-state index contributed by atoms with van der Waals surface area (Å²) >= 11 is 1.26. The van der Waals surface area contributed by atoms with E-state index in [0.717, 1.165) is 38.1 Å². The zero-order valence-electron chi connectivity index (χ0n) is 15.2. The van der Waals surface area contributed by atoms with Gasteiger partial charge >= 0.3 is 6.18 Å². The molecule has 10 heteroatoms. The number of thiazole rings is 1. The van der Waals surface area contributed by atoms with Crippen LogP contribution in [0.2, 0.25) is 0 Å². The first-order chi connectivity index (χ1) is 12.4. The van der Waals surface area contributed by atoms with Crippen LogP contribution in [-0.2, 0) is 17.4 Å². The van der Waals surface area contributed by atoms with Crippen molar-refractivity contribution in [3.8, 4) is 10.6 Å². The van der Waals surface area contributed by atoms with Crippen molar-refractivity contribution in [2.24, 2.45) is 0 Å². The van der Waals surface area contributed by atoms with E-state index in [4.69, 9.17) is 0 Å². The van der Waals surface area contributed by atoms with Gasteiger partial charge in [0.05, 0.1) is 17.7 Å². The number of benzene rings is 1. The van der Waals surface area contributed by atoms with Gasteiger partial charge in [-0.3, -0.25) is 4.79 Å². The highest BCUT2D eigenvalue weighted by Crippen LogP contribution is 2.33. The van der Waals surface area contributed by atoms with Crippen molar-refractivity contribution in [1.29, 1.82) is 0 Å². The summed E-state index contributed by atoms with van der Waals surface area (Å²) in [7, 11) is 1.92. The molecule has 1 aliphatic heterocycles. The fourth-order valence-corrected chi connectivity index (χ4v) is 3.85. The fourth-order valence-electron chi connectivity index (χ4n) is 3.03. The molecule has 1 amide bonds. The Morgan fingerprint density at radius 1 is 1.29 bits per heavy atom. The largest absolute Gasteiger partial charge is 0.416 e. The van der Waals surface area contributed by atoms with E-state index in [1.54, 1.807) is 11.4 Å². The van der Waals surface area contributed by atoms with Crippen LogP contribution >= 0.6 is 36.2 Å². The molecule has 156 valence electrons. The molecule has 1 saturated heterocycles. The van der Waals surface area contributed by atoms with Gasteiger partial charge in [-0.05, 0) is 32.0 Å². The second-order valence-corrected chi connectivity index (χ2v) is 7.20. The molecule has 0 radical (unpaired) electrons. The average Bonchev–Trinajstić information content (AvgIpc) is 3.09. The molecule has 1 aliphatic rings. The number of nitrogens with zero attached hydrogens (tertiary/aromatic N) is 2. The van der Waals surface area contributed by atoms with Crippen LogP contribution in [0, 0.1) is 0 Å². The van der Waals surface area contributed by atoms with Gasteiger partial charge in [0.1, 0.15) is 5.01 Å². The summed E-state index contributed by atoms with van der Waals surface area (Å²) in [5, 5.41) is 5.46. The fraction of sp³-hybridized carbons (Fsp3) is 0.444. The molecule has 28 heavy (non-hydrogen) atoms. The van der Waals surface area contributed by atoms with Gasteiger partial charge in [-0.15, -0.1) is 36.2 Å². The van der Waals surface area contributed by atoms with Gasteiger partial charge < -0.3 is 10.2 Å².